The van der Waals surface area contributed by atoms with Gasteiger partial charge in [-0.3, -0.25) is 18.6 Å². The lowest BCUT2D eigenvalue weighted by molar-refractivity contribution is -0.870. The van der Waals surface area contributed by atoms with Crippen LogP contribution < -0.4 is 5.32 Å². The van der Waals surface area contributed by atoms with E-state index < -0.39 is 20.0 Å². The fourth-order valence-corrected chi connectivity index (χ4v) is 10.5. The zero-order chi connectivity index (χ0) is 58.6. The van der Waals surface area contributed by atoms with E-state index in [2.05, 4.69) is 86.8 Å². The maximum atomic E-state index is 13.6. The van der Waals surface area contributed by atoms with Gasteiger partial charge >= 0.3 is 13.8 Å². The number of carbonyl (C=O) groups is 2. The first kappa shape index (κ1) is 77.5. The van der Waals surface area contributed by atoms with Crippen molar-refractivity contribution in [2.24, 2.45) is 0 Å². The Morgan fingerprint density at radius 2 is 0.800 bits per heavy atom. The summed E-state index contributed by atoms with van der Waals surface area (Å²) in [5.74, 6) is -0.517. The quantitative estimate of drug-likeness (QED) is 0.0205. The average molecular weight is 1140 g/mol. The Bertz CT molecular complexity index is 1600. The summed E-state index contributed by atoms with van der Waals surface area (Å²) >= 11 is 0. The molecule has 0 aromatic carbocycles. The first-order chi connectivity index (χ1) is 38.9. The van der Waals surface area contributed by atoms with Gasteiger partial charge in [-0.05, 0) is 76.7 Å². The molecule has 9 nitrogen and oxygen atoms in total. The number of hydrogen-bond acceptors (Lipinski definition) is 6. The number of amides is 1. The highest BCUT2D eigenvalue weighted by Gasteiger charge is 2.30. The van der Waals surface area contributed by atoms with Crippen molar-refractivity contribution in [3.8, 4) is 0 Å². The van der Waals surface area contributed by atoms with Crippen molar-refractivity contribution in [1.29, 1.82) is 0 Å². The number of esters is 1. The van der Waals surface area contributed by atoms with Crippen LogP contribution in [0.25, 0.3) is 0 Å². The summed E-state index contributed by atoms with van der Waals surface area (Å²) < 4.78 is 30.8. The van der Waals surface area contributed by atoms with Crippen molar-refractivity contribution in [2.45, 2.75) is 322 Å². The highest BCUT2D eigenvalue weighted by molar-refractivity contribution is 7.47. The molecule has 0 bridgehead atoms. The molecule has 0 radical (unpaired) electrons. The van der Waals surface area contributed by atoms with E-state index in [1.807, 2.05) is 33.3 Å². The number of nitrogens with zero attached hydrogens (tertiary/aromatic N) is 1. The van der Waals surface area contributed by atoms with Crippen LogP contribution in [0.4, 0.5) is 0 Å². The minimum absolute atomic E-state index is 0.0350. The van der Waals surface area contributed by atoms with Gasteiger partial charge in [0.2, 0.25) is 5.91 Å². The maximum Gasteiger partial charge on any atom is 0.472 e. The van der Waals surface area contributed by atoms with Gasteiger partial charge in [0, 0.05) is 12.8 Å². The van der Waals surface area contributed by atoms with Gasteiger partial charge < -0.3 is 19.4 Å². The highest BCUT2D eigenvalue weighted by atomic mass is 31.2. The Kier molecular flexibility index (Phi) is 57.7. The molecule has 2 N–H and O–H groups in total. The molecular formula is C70H130N2O7P+. The molecule has 1 amide bonds. The van der Waals surface area contributed by atoms with E-state index in [9.17, 15) is 19.0 Å². The molecule has 10 heteroatoms. The van der Waals surface area contributed by atoms with Crippen LogP contribution in [0.5, 0.6) is 0 Å². The molecule has 0 rings (SSSR count). The van der Waals surface area contributed by atoms with Gasteiger partial charge in [-0.25, -0.2) is 4.57 Å². The van der Waals surface area contributed by atoms with Crippen molar-refractivity contribution in [3.63, 3.8) is 0 Å². The lowest BCUT2D eigenvalue weighted by atomic mass is 10.0. The fraction of sp³-hybridized carbons (Fsp3) is 0.800. The molecule has 0 heterocycles. The molecule has 0 saturated carbocycles. The molecule has 0 aromatic rings. The fourth-order valence-electron chi connectivity index (χ4n) is 9.73. The molecule has 0 aliphatic carbocycles. The summed E-state index contributed by atoms with van der Waals surface area (Å²) in [5.41, 5.74) is 0. The van der Waals surface area contributed by atoms with E-state index in [4.69, 9.17) is 13.8 Å². The Morgan fingerprint density at radius 1 is 0.450 bits per heavy atom. The van der Waals surface area contributed by atoms with Crippen LogP contribution >= 0.6 is 7.82 Å². The third kappa shape index (κ3) is 60.1. The number of phosphoric ester groups is 1. The van der Waals surface area contributed by atoms with Gasteiger partial charge in [0.25, 0.3) is 0 Å². The van der Waals surface area contributed by atoms with Crippen molar-refractivity contribution < 1.29 is 37.3 Å². The molecule has 80 heavy (non-hydrogen) atoms. The second-order valence-corrected chi connectivity index (χ2v) is 25.4. The van der Waals surface area contributed by atoms with Gasteiger partial charge in [-0.1, -0.05) is 293 Å². The van der Waals surface area contributed by atoms with Crippen LogP contribution in [0.15, 0.2) is 72.9 Å². The third-order valence-corrected chi connectivity index (χ3v) is 15.9. The number of ether oxygens (including phenoxy) is 1. The first-order valence-corrected chi connectivity index (χ1v) is 35.3. The Hall–Kier alpha value is -2.55. The summed E-state index contributed by atoms with van der Waals surface area (Å²) in [4.78, 5) is 37.8. The van der Waals surface area contributed by atoms with Gasteiger partial charge in [0.1, 0.15) is 19.3 Å². The number of hydrogen-bond donors (Lipinski definition) is 2. The van der Waals surface area contributed by atoms with Crippen LogP contribution in [-0.2, 0) is 27.9 Å². The summed E-state index contributed by atoms with van der Waals surface area (Å²) in [6.07, 6.45) is 77.6. The van der Waals surface area contributed by atoms with Gasteiger partial charge in [-0.2, -0.15) is 0 Å². The molecule has 0 spiro atoms. The van der Waals surface area contributed by atoms with Crippen LogP contribution in [0.3, 0.4) is 0 Å². The lowest BCUT2D eigenvalue weighted by Gasteiger charge is -2.27. The third-order valence-electron chi connectivity index (χ3n) is 14.9. The van der Waals surface area contributed by atoms with Crippen LogP contribution in [-0.4, -0.2) is 74.3 Å². The van der Waals surface area contributed by atoms with Crippen LogP contribution in [0, 0.1) is 0 Å². The minimum atomic E-state index is -4.46. The van der Waals surface area contributed by atoms with Crippen molar-refractivity contribution in [2.75, 3.05) is 40.9 Å². The van der Waals surface area contributed by atoms with E-state index in [0.29, 0.717) is 17.4 Å². The van der Waals surface area contributed by atoms with E-state index >= 15 is 0 Å². The number of rotatable bonds is 61. The second-order valence-electron chi connectivity index (χ2n) is 24.0. The smallest absolute Gasteiger partial charge is 0.456 e. The molecule has 0 aliphatic heterocycles. The molecule has 3 atom stereocenters. The van der Waals surface area contributed by atoms with Crippen molar-refractivity contribution >= 4 is 19.7 Å². The molecule has 0 aliphatic rings. The Morgan fingerprint density at radius 3 is 1.20 bits per heavy atom. The predicted molar refractivity (Wildman–Crippen MR) is 346 cm³/mol. The Balaban J connectivity index is 5.18. The number of unbranched alkanes of at least 4 members (excludes halogenated alkanes) is 35. The van der Waals surface area contributed by atoms with E-state index in [0.717, 1.165) is 109 Å². The number of quaternary nitrogens is 1. The molecule has 3 unspecified atom stereocenters. The van der Waals surface area contributed by atoms with Gasteiger partial charge in [0.15, 0.2) is 0 Å². The van der Waals surface area contributed by atoms with Crippen molar-refractivity contribution in [1.82, 2.24) is 5.32 Å². The van der Waals surface area contributed by atoms with Crippen molar-refractivity contribution in [3.05, 3.63) is 72.9 Å². The molecule has 0 aromatic heterocycles. The average Bonchev–Trinajstić information content (AvgIpc) is 3.42. The SMILES string of the molecule is CC/C=C\C/C=C\C/C=C\C/C=C\C/C=C\CCCCCCCC(=O)NC(COP(=O)(O)OCC[N+](C)(C)C)C(/C=C/CCCCCCCCCCCC)OC(=O)CCCCCCCCCCCCCCCCCCCCCCC. The summed E-state index contributed by atoms with van der Waals surface area (Å²) in [6, 6.07) is -0.860. The number of likely N-dealkylation sites (N-methyl/N-ethyl adjacent to an activating group) is 1. The number of allylic oxidation sites excluding steroid dienone is 11. The first-order valence-electron chi connectivity index (χ1n) is 33.8. The summed E-state index contributed by atoms with van der Waals surface area (Å²) in [6.45, 7) is 6.91. The zero-order valence-corrected chi connectivity index (χ0v) is 54.2. The Labute approximate surface area is 495 Å². The molecule has 466 valence electrons. The van der Waals surface area contributed by atoms with E-state index in [-0.39, 0.29) is 31.5 Å². The summed E-state index contributed by atoms with van der Waals surface area (Å²) in [5, 5.41) is 3.06. The monoisotopic (exact) mass is 1140 g/mol. The van der Waals surface area contributed by atoms with Gasteiger partial charge in [-0.15, -0.1) is 0 Å². The zero-order valence-electron chi connectivity index (χ0n) is 53.3. The lowest BCUT2D eigenvalue weighted by Crippen LogP contribution is -2.47. The standard InChI is InChI=1S/C70H129N2O7P/c1-7-10-13-16-19-22-25-28-30-32-34-36-38-40-42-44-47-50-53-56-59-62-69(73)71-67(66-78-80(75,76)77-65-64-72(4,5)6)68(61-58-55-52-49-46-27-24-21-18-15-12-9-3)79-70(74)63-60-57-54-51-48-45-43-41-39-37-35-33-31-29-26-23-20-17-14-11-8-2/h10,13,19,22,28,30,34,36,40,42,58,61,67-68H,7-9,11-12,14-18,20-21,23-27,29,31-33,35,37-39,41,43-57,59-60,62-66H2,1-6H3,(H-,71,73,75,76)/p+1/b13-10-,22-19-,30-28-,36-34-,42-40-,61-58+. The normalized spacial score (nSPS) is 14.0. The number of carbonyl (C=O) groups excluding carboxylic acids is 2. The summed E-state index contributed by atoms with van der Waals surface area (Å²) in [7, 11) is 1.48. The molecule has 0 saturated heterocycles. The largest absolute Gasteiger partial charge is 0.472 e. The van der Waals surface area contributed by atoms with Crippen LogP contribution in [0.1, 0.15) is 310 Å². The van der Waals surface area contributed by atoms with Gasteiger partial charge in [0.05, 0.1) is 33.8 Å². The highest BCUT2D eigenvalue weighted by Crippen LogP contribution is 2.43. The van der Waals surface area contributed by atoms with Crippen LogP contribution in [0.2, 0.25) is 0 Å². The molecule has 0 fully saturated rings. The second kappa shape index (κ2) is 59.6. The minimum Gasteiger partial charge on any atom is -0.456 e. The van der Waals surface area contributed by atoms with E-state index in [1.54, 1.807) is 0 Å². The number of nitrogens with one attached hydrogen (secondary N) is 1. The number of phosphoric acid groups is 1. The topological polar surface area (TPSA) is 111 Å². The molecular weight excluding hydrogens is 1010 g/mol. The predicted octanol–water partition coefficient (Wildman–Crippen LogP) is 21.2. The van der Waals surface area contributed by atoms with E-state index in [1.165, 1.54) is 167 Å². The maximum absolute atomic E-state index is 13.6.